The third kappa shape index (κ3) is 1.36. The van der Waals surface area contributed by atoms with Crippen molar-refractivity contribution in [3.05, 3.63) is 21.9 Å². The van der Waals surface area contributed by atoms with Crippen molar-refractivity contribution in [1.29, 1.82) is 5.26 Å². The molecular formula is C9H10N2S. The Kier molecular flexibility index (Phi) is 2.11. The minimum Gasteiger partial charge on any atom is -0.310 e. The van der Waals surface area contributed by atoms with E-state index in [0.717, 1.165) is 6.54 Å². The van der Waals surface area contributed by atoms with Gasteiger partial charge in [-0.05, 0) is 30.0 Å². The van der Waals surface area contributed by atoms with Crippen molar-refractivity contribution in [3.63, 3.8) is 0 Å². The van der Waals surface area contributed by atoms with Crippen LogP contribution in [-0.2, 0) is 6.42 Å². The van der Waals surface area contributed by atoms with Gasteiger partial charge in [-0.2, -0.15) is 5.26 Å². The van der Waals surface area contributed by atoms with Crippen molar-refractivity contribution in [2.45, 2.75) is 18.9 Å². The topological polar surface area (TPSA) is 35.8 Å². The molecule has 1 atom stereocenters. The summed E-state index contributed by atoms with van der Waals surface area (Å²) >= 11 is 1.69. The van der Waals surface area contributed by atoms with Crippen LogP contribution in [-0.4, -0.2) is 6.54 Å². The van der Waals surface area contributed by atoms with Gasteiger partial charge in [0.05, 0.1) is 12.5 Å². The van der Waals surface area contributed by atoms with Crippen molar-refractivity contribution in [2.24, 2.45) is 0 Å². The van der Waals surface area contributed by atoms with Crippen LogP contribution in [0.5, 0.6) is 0 Å². The number of nitrogens with zero attached hydrogens (tertiary/aromatic N) is 1. The molecule has 0 spiro atoms. The summed E-state index contributed by atoms with van der Waals surface area (Å²) in [5.41, 5.74) is 1.36. The molecule has 0 saturated carbocycles. The maximum absolute atomic E-state index is 8.48. The Hall–Kier alpha value is -0.850. The third-order valence-electron chi connectivity index (χ3n) is 2.15. The molecule has 2 heterocycles. The van der Waals surface area contributed by atoms with Gasteiger partial charge in [0.25, 0.3) is 0 Å². The van der Waals surface area contributed by atoms with Crippen molar-refractivity contribution in [2.75, 3.05) is 6.54 Å². The Morgan fingerprint density at radius 1 is 1.75 bits per heavy atom. The fourth-order valence-corrected chi connectivity index (χ4v) is 2.20. The standard InChI is InChI=1S/C9H10N2S/c10-3-1-8-5-7(6-12-8)9-2-4-11-9/h5-6,9,11H,1-2,4H2. The summed E-state index contributed by atoms with van der Waals surface area (Å²) < 4.78 is 0. The summed E-state index contributed by atoms with van der Waals surface area (Å²) in [5.74, 6) is 0. The number of thiophene rings is 1. The average molecular weight is 178 g/mol. The van der Waals surface area contributed by atoms with Gasteiger partial charge in [-0.15, -0.1) is 11.3 Å². The van der Waals surface area contributed by atoms with Crippen LogP contribution in [0.25, 0.3) is 0 Å². The highest BCUT2D eigenvalue weighted by Gasteiger charge is 2.19. The zero-order chi connectivity index (χ0) is 8.39. The molecule has 1 fully saturated rings. The molecular weight excluding hydrogens is 168 g/mol. The predicted octanol–water partition coefficient (Wildman–Crippen LogP) is 1.85. The molecule has 1 N–H and O–H groups in total. The van der Waals surface area contributed by atoms with Gasteiger partial charge >= 0.3 is 0 Å². The number of nitriles is 1. The van der Waals surface area contributed by atoms with E-state index in [1.807, 2.05) is 0 Å². The Bertz CT molecular complexity index is 307. The lowest BCUT2D eigenvalue weighted by atomic mass is 10.0. The number of nitrogens with one attached hydrogen (secondary N) is 1. The molecule has 1 saturated heterocycles. The molecule has 0 aromatic carbocycles. The molecule has 0 aliphatic carbocycles. The minimum atomic E-state index is 0.553. The molecule has 12 heavy (non-hydrogen) atoms. The molecule has 1 aliphatic heterocycles. The predicted molar refractivity (Wildman–Crippen MR) is 49.0 cm³/mol. The van der Waals surface area contributed by atoms with E-state index in [1.54, 1.807) is 11.3 Å². The molecule has 2 nitrogen and oxygen atoms in total. The second-order valence-electron chi connectivity index (χ2n) is 2.98. The van der Waals surface area contributed by atoms with Gasteiger partial charge in [0, 0.05) is 10.9 Å². The number of rotatable bonds is 2. The van der Waals surface area contributed by atoms with Gasteiger partial charge in [-0.1, -0.05) is 0 Å². The smallest absolute Gasteiger partial charge is 0.0695 e. The summed E-state index contributed by atoms with van der Waals surface area (Å²) in [6.45, 7) is 1.13. The zero-order valence-electron chi connectivity index (χ0n) is 6.71. The van der Waals surface area contributed by atoms with Crippen LogP contribution in [0.1, 0.15) is 22.9 Å². The number of hydrogen-bond acceptors (Lipinski definition) is 3. The highest BCUT2D eigenvalue weighted by molar-refractivity contribution is 7.10. The summed E-state index contributed by atoms with van der Waals surface area (Å²) in [6.07, 6.45) is 1.79. The van der Waals surface area contributed by atoms with Gasteiger partial charge in [-0.25, -0.2) is 0 Å². The lowest BCUT2D eigenvalue weighted by molar-refractivity contribution is 0.384. The second-order valence-corrected chi connectivity index (χ2v) is 3.97. The summed E-state index contributed by atoms with van der Waals surface area (Å²) in [5, 5.41) is 14.0. The number of hydrogen-bond donors (Lipinski definition) is 1. The third-order valence-corrected chi connectivity index (χ3v) is 3.11. The van der Waals surface area contributed by atoms with Crippen molar-refractivity contribution < 1.29 is 0 Å². The molecule has 1 unspecified atom stereocenters. The van der Waals surface area contributed by atoms with Crippen molar-refractivity contribution in [3.8, 4) is 6.07 Å². The van der Waals surface area contributed by atoms with E-state index in [0.29, 0.717) is 12.5 Å². The highest BCUT2D eigenvalue weighted by Crippen LogP contribution is 2.27. The second kappa shape index (κ2) is 3.26. The highest BCUT2D eigenvalue weighted by atomic mass is 32.1. The molecule has 1 aliphatic rings. The summed E-state index contributed by atoms with van der Waals surface area (Å²) in [4.78, 5) is 1.18. The van der Waals surface area contributed by atoms with E-state index in [1.165, 1.54) is 16.9 Å². The molecule has 1 aromatic heterocycles. The van der Waals surface area contributed by atoms with Gasteiger partial charge in [-0.3, -0.25) is 0 Å². The van der Waals surface area contributed by atoms with Gasteiger partial charge in [0.15, 0.2) is 0 Å². The zero-order valence-corrected chi connectivity index (χ0v) is 7.53. The van der Waals surface area contributed by atoms with Crippen LogP contribution in [0.3, 0.4) is 0 Å². The maximum Gasteiger partial charge on any atom is 0.0695 e. The molecule has 0 radical (unpaired) electrons. The first-order valence-corrected chi connectivity index (χ1v) is 4.96. The van der Waals surface area contributed by atoms with Crippen LogP contribution in [0.4, 0.5) is 0 Å². The molecule has 0 bridgehead atoms. The average Bonchev–Trinajstić information content (AvgIpc) is 2.34. The monoisotopic (exact) mass is 178 g/mol. The van der Waals surface area contributed by atoms with Crippen LogP contribution >= 0.6 is 11.3 Å². The first-order chi connectivity index (χ1) is 5.90. The van der Waals surface area contributed by atoms with E-state index < -0.39 is 0 Å². The molecule has 62 valence electrons. The lowest BCUT2D eigenvalue weighted by Gasteiger charge is -2.26. The maximum atomic E-state index is 8.48. The van der Waals surface area contributed by atoms with Gasteiger partial charge in [0.1, 0.15) is 0 Å². The quantitative estimate of drug-likeness (QED) is 0.750. The Labute approximate surface area is 75.8 Å². The molecule has 2 rings (SSSR count). The lowest BCUT2D eigenvalue weighted by Crippen LogP contribution is -2.34. The Morgan fingerprint density at radius 2 is 2.58 bits per heavy atom. The van der Waals surface area contributed by atoms with Crippen LogP contribution in [0.2, 0.25) is 0 Å². The van der Waals surface area contributed by atoms with Crippen molar-refractivity contribution >= 4 is 11.3 Å². The SMILES string of the molecule is N#CCc1cc(C2CCN2)cs1. The largest absolute Gasteiger partial charge is 0.310 e. The first-order valence-electron chi connectivity index (χ1n) is 4.08. The van der Waals surface area contributed by atoms with E-state index in [-0.39, 0.29) is 0 Å². The molecule has 1 aromatic rings. The van der Waals surface area contributed by atoms with Gasteiger partial charge in [0.2, 0.25) is 0 Å². The molecule has 3 heteroatoms. The Morgan fingerprint density at radius 3 is 3.17 bits per heavy atom. The first kappa shape index (κ1) is 7.78. The Balaban J connectivity index is 2.08. The van der Waals surface area contributed by atoms with Crippen LogP contribution < -0.4 is 5.32 Å². The van der Waals surface area contributed by atoms with Crippen LogP contribution in [0.15, 0.2) is 11.4 Å². The van der Waals surface area contributed by atoms with Crippen LogP contribution in [0, 0.1) is 11.3 Å². The fraction of sp³-hybridized carbons (Fsp3) is 0.444. The van der Waals surface area contributed by atoms with E-state index in [9.17, 15) is 0 Å². The summed E-state index contributed by atoms with van der Waals surface area (Å²) in [6, 6.07) is 4.87. The fourth-order valence-electron chi connectivity index (χ4n) is 1.32. The normalized spacial score (nSPS) is 21.4. The molecule has 0 amide bonds. The van der Waals surface area contributed by atoms with E-state index in [4.69, 9.17) is 5.26 Å². The van der Waals surface area contributed by atoms with Crippen molar-refractivity contribution in [1.82, 2.24) is 5.32 Å². The minimum absolute atomic E-state index is 0.553. The van der Waals surface area contributed by atoms with E-state index in [2.05, 4.69) is 22.8 Å². The summed E-state index contributed by atoms with van der Waals surface area (Å²) in [7, 11) is 0. The van der Waals surface area contributed by atoms with E-state index >= 15 is 0 Å². The van der Waals surface area contributed by atoms with Gasteiger partial charge < -0.3 is 5.32 Å².